The lowest BCUT2D eigenvalue weighted by atomic mass is 10.2. The van der Waals surface area contributed by atoms with E-state index in [1.165, 1.54) is 23.5 Å². The van der Waals surface area contributed by atoms with Gasteiger partial charge in [0.25, 0.3) is 5.91 Å². The Morgan fingerprint density at radius 1 is 1.25 bits per heavy atom. The molecule has 1 N–H and O–H groups in total. The van der Waals surface area contributed by atoms with Crippen molar-refractivity contribution >= 4 is 32.6 Å². The number of thiazole rings is 1. The first-order valence-electron chi connectivity index (χ1n) is 8.52. The summed E-state index contributed by atoms with van der Waals surface area (Å²) < 4.78 is 25.4. The highest BCUT2D eigenvalue weighted by Crippen LogP contribution is 2.27. The molecular weight excluding hydrogens is 381 g/mol. The van der Waals surface area contributed by atoms with Gasteiger partial charge in [-0.25, -0.2) is 9.37 Å². The van der Waals surface area contributed by atoms with Crippen LogP contribution in [0.15, 0.2) is 47.0 Å². The van der Waals surface area contributed by atoms with E-state index in [0.717, 1.165) is 15.8 Å². The topological polar surface area (TPSA) is 77.3 Å². The van der Waals surface area contributed by atoms with Crippen molar-refractivity contribution in [1.29, 1.82) is 0 Å². The monoisotopic (exact) mass is 397 g/mol. The fraction of sp³-hybridized carbons (Fsp3) is 0.150. The number of benzene rings is 2. The van der Waals surface area contributed by atoms with Gasteiger partial charge < -0.3 is 9.26 Å². The molecule has 0 bridgehead atoms. The van der Waals surface area contributed by atoms with Crippen LogP contribution in [0.5, 0.6) is 5.75 Å². The molecule has 2 heterocycles. The van der Waals surface area contributed by atoms with Gasteiger partial charge in [0, 0.05) is 0 Å². The predicted octanol–water partition coefficient (Wildman–Crippen LogP) is 4.87. The number of nitrogens with zero attached hydrogens (tertiary/aromatic N) is 2. The minimum absolute atomic E-state index is 0.0436. The van der Waals surface area contributed by atoms with Crippen molar-refractivity contribution in [1.82, 2.24) is 10.1 Å². The average molecular weight is 397 g/mol. The first-order valence-corrected chi connectivity index (χ1v) is 9.34. The Morgan fingerprint density at radius 3 is 2.89 bits per heavy atom. The van der Waals surface area contributed by atoms with Gasteiger partial charge in [-0.15, -0.1) is 0 Å². The number of para-hydroxylation sites is 1. The standard InChI is InChI=1S/C20H16FN3O3S/c1-11-7-8-15-17(9-11)28-20(22-15)23-19(25)18-13(12(2)27-24-18)10-26-16-6-4-3-5-14(16)21/h3-9H,10H2,1-2H3,(H,22,23,25). The molecule has 8 heteroatoms. The van der Waals surface area contributed by atoms with Crippen molar-refractivity contribution in [2.24, 2.45) is 0 Å². The lowest BCUT2D eigenvalue weighted by Crippen LogP contribution is -2.15. The van der Waals surface area contributed by atoms with E-state index in [1.54, 1.807) is 19.1 Å². The molecule has 0 saturated heterocycles. The summed E-state index contributed by atoms with van der Waals surface area (Å²) >= 11 is 1.38. The molecule has 6 nitrogen and oxygen atoms in total. The maximum absolute atomic E-state index is 13.7. The second-order valence-electron chi connectivity index (χ2n) is 6.23. The minimum atomic E-state index is -0.479. The summed E-state index contributed by atoms with van der Waals surface area (Å²) in [5.41, 5.74) is 2.47. The van der Waals surface area contributed by atoms with Gasteiger partial charge in [-0.2, -0.15) is 0 Å². The molecule has 0 spiro atoms. The lowest BCUT2D eigenvalue weighted by Gasteiger charge is -2.07. The zero-order valence-electron chi connectivity index (χ0n) is 15.2. The van der Waals surface area contributed by atoms with E-state index in [2.05, 4.69) is 15.5 Å². The Balaban J connectivity index is 1.53. The number of carbonyl (C=O) groups is 1. The van der Waals surface area contributed by atoms with E-state index in [1.807, 2.05) is 25.1 Å². The van der Waals surface area contributed by atoms with Crippen molar-refractivity contribution < 1.29 is 18.4 Å². The summed E-state index contributed by atoms with van der Waals surface area (Å²) in [7, 11) is 0. The zero-order valence-corrected chi connectivity index (χ0v) is 16.0. The van der Waals surface area contributed by atoms with Gasteiger partial charge >= 0.3 is 0 Å². The molecule has 0 radical (unpaired) electrons. The van der Waals surface area contributed by atoms with Crippen LogP contribution in [0.25, 0.3) is 10.2 Å². The quantitative estimate of drug-likeness (QED) is 0.520. The van der Waals surface area contributed by atoms with Gasteiger partial charge in [0.05, 0.1) is 15.8 Å². The number of halogens is 1. The van der Waals surface area contributed by atoms with E-state index >= 15 is 0 Å². The summed E-state index contributed by atoms with van der Waals surface area (Å²) in [4.78, 5) is 17.1. The van der Waals surface area contributed by atoms with Gasteiger partial charge in [0.15, 0.2) is 22.4 Å². The highest BCUT2D eigenvalue weighted by atomic mass is 32.1. The smallest absolute Gasteiger partial charge is 0.280 e. The maximum atomic E-state index is 13.7. The normalized spacial score (nSPS) is 11.0. The number of aromatic nitrogens is 2. The first-order chi connectivity index (χ1) is 13.5. The van der Waals surface area contributed by atoms with Crippen LogP contribution in [-0.4, -0.2) is 16.0 Å². The third kappa shape index (κ3) is 3.59. The van der Waals surface area contributed by atoms with Crippen molar-refractivity contribution in [3.8, 4) is 5.75 Å². The SMILES string of the molecule is Cc1ccc2nc(NC(=O)c3noc(C)c3COc3ccccc3F)sc2c1. The zero-order chi connectivity index (χ0) is 19.7. The number of hydrogen-bond acceptors (Lipinski definition) is 6. The molecule has 28 heavy (non-hydrogen) atoms. The van der Waals surface area contributed by atoms with Crippen LogP contribution in [0.3, 0.4) is 0 Å². The molecule has 0 saturated carbocycles. The molecule has 0 atom stereocenters. The Morgan fingerprint density at radius 2 is 2.07 bits per heavy atom. The molecule has 4 rings (SSSR count). The highest BCUT2D eigenvalue weighted by molar-refractivity contribution is 7.22. The van der Waals surface area contributed by atoms with Crippen LogP contribution < -0.4 is 10.1 Å². The van der Waals surface area contributed by atoms with Crippen molar-refractivity contribution in [2.75, 3.05) is 5.32 Å². The minimum Gasteiger partial charge on any atom is -0.486 e. The fourth-order valence-electron chi connectivity index (χ4n) is 2.69. The number of aryl methyl sites for hydroxylation is 2. The van der Waals surface area contributed by atoms with Crippen LogP contribution in [0.2, 0.25) is 0 Å². The highest BCUT2D eigenvalue weighted by Gasteiger charge is 2.22. The van der Waals surface area contributed by atoms with Crippen molar-refractivity contribution in [3.63, 3.8) is 0 Å². The predicted molar refractivity (Wildman–Crippen MR) is 104 cm³/mol. The van der Waals surface area contributed by atoms with Gasteiger partial charge in [-0.1, -0.05) is 34.7 Å². The van der Waals surface area contributed by atoms with E-state index < -0.39 is 11.7 Å². The molecule has 0 aliphatic heterocycles. The van der Waals surface area contributed by atoms with Gasteiger partial charge in [-0.3, -0.25) is 10.1 Å². The summed E-state index contributed by atoms with van der Waals surface area (Å²) in [6.07, 6.45) is 0. The molecular formula is C20H16FN3O3S. The van der Waals surface area contributed by atoms with Gasteiger partial charge in [0.2, 0.25) is 0 Å². The van der Waals surface area contributed by atoms with Crippen molar-refractivity contribution in [2.45, 2.75) is 20.5 Å². The molecule has 0 aliphatic carbocycles. The van der Waals surface area contributed by atoms with Crippen LogP contribution in [0, 0.1) is 19.7 Å². The summed E-state index contributed by atoms with van der Waals surface area (Å²) in [5, 5.41) is 7.04. The van der Waals surface area contributed by atoms with Crippen LogP contribution in [0.4, 0.5) is 9.52 Å². The first kappa shape index (κ1) is 18.1. The number of nitrogens with one attached hydrogen (secondary N) is 1. The second-order valence-corrected chi connectivity index (χ2v) is 7.26. The number of ether oxygens (including phenoxy) is 1. The van der Waals surface area contributed by atoms with Crippen LogP contribution >= 0.6 is 11.3 Å². The molecule has 2 aromatic carbocycles. The average Bonchev–Trinajstić information content (AvgIpc) is 3.23. The van der Waals surface area contributed by atoms with E-state index in [0.29, 0.717) is 16.5 Å². The Hall–Kier alpha value is -3.26. The van der Waals surface area contributed by atoms with E-state index in [-0.39, 0.29) is 18.1 Å². The molecule has 2 aromatic heterocycles. The number of anilines is 1. The molecule has 142 valence electrons. The second kappa shape index (κ2) is 7.40. The number of carbonyl (C=O) groups excluding carboxylic acids is 1. The fourth-order valence-corrected chi connectivity index (χ4v) is 3.65. The van der Waals surface area contributed by atoms with E-state index in [4.69, 9.17) is 9.26 Å². The third-order valence-corrected chi connectivity index (χ3v) is 5.11. The largest absolute Gasteiger partial charge is 0.486 e. The van der Waals surface area contributed by atoms with Gasteiger partial charge in [-0.05, 0) is 43.7 Å². The molecule has 0 unspecified atom stereocenters. The number of amides is 1. The summed E-state index contributed by atoms with van der Waals surface area (Å²) in [5.74, 6) is -0.412. The number of fused-ring (bicyclic) bond motifs is 1. The Bertz CT molecular complexity index is 1170. The molecule has 1 amide bonds. The van der Waals surface area contributed by atoms with Crippen molar-refractivity contribution in [3.05, 3.63) is 70.9 Å². The van der Waals surface area contributed by atoms with Gasteiger partial charge in [0.1, 0.15) is 12.4 Å². The molecule has 0 fully saturated rings. The summed E-state index contributed by atoms with van der Waals surface area (Å²) in [6.45, 7) is 3.62. The number of hydrogen-bond donors (Lipinski definition) is 1. The summed E-state index contributed by atoms with van der Waals surface area (Å²) in [6, 6.07) is 11.9. The van der Waals surface area contributed by atoms with Crippen LogP contribution in [0.1, 0.15) is 27.4 Å². The third-order valence-electron chi connectivity index (χ3n) is 4.17. The maximum Gasteiger partial charge on any atom is 0.280 e. The van der Waals surface area contributed by atoms with E-state index in [9.17, 15) is 9.18 Å². The lowest BCUT2D eigenvalue weighted by molar-refractivity contribution is 0.101. The van der Waals surface area contributed by atoms with Crippen LogP contribution in [-0.2, 0) is 6.61 Å². The molecule has 4 aromatic rings. The number of rotatable bonds is 5. The Labute approximate surface area is 164 Å². The Kier molecular flexibility index (Phi) is 4.79. The molecule has 0 aliphatic rings.